The molecule has 14 heavy (non-hydrogen) atoms. The van der Waals surface area contributed by atoms with Crippen molar-refractivity contribution in [2.24, 2.45) is 0 Å². The van der Waals surface area contributed by atoms with Gasteiger partial charge in [0.1, 0.15) is 5.82 Å². The normalized spacial score (nSPS) is 11.7. The highest BCUT2D eigenvalue weighted by Gasteiger charge is 2.18. The third kappa shape index (κ3) is 2.70. The molecule has 0 aliphatic carbocycles. The van der Waals surface area contributed by atoms with Crippen molar-refractivity contribution < 1.29 is 4.74 Å². The maximum absolute atomic E-state index is 5.78. The van der Waals surface area contributed by atoms with Gasteiger partial charge in [-0.15, -0.1) is 0 Å². The topological polar surface area (TPSA) is 48.1 Å². The lowest BCUT2D eigenvalue weighted by Crippen LogP contribution is -2.26. The Kier molecular flexibility index (Phi) is 3.11. The zero-order valence-electron chi connectivity index (χ0n) is 9.29. The van der Waals surface area contributed by atoms with Gasteiger partial charge in [0.25, 0.3) is 0 Å². The van der Waals surface area contributed by atoms with Gasteiger partial charge in [-0.3, -0.25) is 0 Å². The number of nitrogens with zero attached hydrogens (tertiary/aromatic N) is 1. The quantitative estimate of drug-likeness (QED) is 0.800. The molecular formula is C11H18N2O. The lowest BCUT2D eigenvalue weighted by molar-refractivity contribution is 0.0233. The van der Waals surface area contributed by atoms with Crippen LogP contribution in [-0.4, -0.2) is 17.7 Å². The van der Waals surface area contributed by atoms with Crippen LogP contribution in [0.25, 0.3) is 0 Å². The first kappa shape index (κ1) is 11.0. The van der Waals surface area contributed by atoms with Crippen molar-refractivity contribution in [1.82, 2.24) is 4.98 Å². The van der Waals surface area contributed by atoms with Crippen molar-refractivity contribution in [3.63, 3.8) is 0 Å². The van der Waals surface area contributed by atoms with Crippen LogP contribution in [0, 0.1) is 6.92 Å². The van der Waals surface area contributed by atoms with Gasteiger partial charge in [-0.05, 0) is 31.9 Å². The summed E-state index contributed by atoms with van der Waals surface area (Å²) in [5.74, 6) is 0.598. The molecule has 0 radical (unpaired) electrons. The smallest absolute Gasteiger partial charge is 0.126 e. The Balaban J connectivity index is 2.91. The minimum atomic E-state index is -0.191. The molecule has 1 heterocycles. The first-order chi connectivity index (χ1) is 6.44. The van der Waals surface area contributed by atoms with Gasteiger partial charge < -0.3 is 10.5 Å². The predicted octanol–water partition coefficient (Wildman–Crippen LogP) is 1.94. The van der Waals surface area contributed by atoms with Gasteiger partial charge in [0.15, 0.2) is 0 Å². The van der Waals surface area contributed by atoms with E-state index in [1.807, 2.05) is 20.8 Å². The Labute approximate surface area is 85.3 Å². The van der Waals surface area contributed by atoms with Gasteiger partial charge in [-0.2, -0.15) is 0 Å². The number of ether oxygens (including phenoxy) is 1. The summed E-state index contributed by atoms with van der Waals surface area (Å²) in [6, 6.07) is 2.06. The van der Waals surface area contributed by atoms with Gasteiger partial charge in [0, 0.05) is 19.7 Å². The fourth-order valence-electron chi connectivity index (χ4n) is 1.31. The Morgan fingerprint density at radius 1 is 1.50 bits per heavy atom. The fraction of sp³-hybridized carbons (Fsp3) is 0.545. The lowest BCUT2D eigenvalue weighted by atomic mass is 9.98. The van der Waals surface area contributed by atoms with Crippen molar-refractivity contribution in [2.45, 2.75) is 32.8 Å². The number of hydrogen-bond donors (Lipinski definition) is 1. The molecule has 78 valence electrons. The number of nitrogens with two attached hydrogens (primary N) is 1. The van der Waals surface area contributed by atoms with Crippen LogP contribution in [0.1, 0.15) is 25.0 Å². The van der Waals surface area contributed by atoms with E-state index in [0.29, 0.717) is 5.82 Å². The second-order valence-corrected chi connectivity index (χ2v) is 4.20. The Morgan fingerprint density at radius 2 is 2.14 bits per heavy atom. The van der Waals surface area contributed by atoms with Crippen molar-refractivity contribution in [3.05, 3.63) is 23.4 Å². The van der Waals surface area contributed by atoms with E-state index in [2.05, 4.69) is 11.1 Å². The van der Waals surface area contributed by atoms with Crippen LogP contribution in [0.3, 0.4) is 0 Å². The van der Waals surface area contributed by atoms with Crippen LogP contribution >= 0.6 is 0 Å². The average Bonchev–Trinajstić information content (AvgIpc) is 2.11. The Hall–Kier alpha value is -1.09. The largest absolute Gasteiger partial charge is 0.383 e. The average molecular weight is 194 g/mol. The highest BCUT2D eigenvalue weighted by atomic mass is 16.5. The molecule has 2 N–H and O–H groups in total. The molecule has 0 saturated carbocycles. The first-order valence-electron chi connectivity index (χ1n) is 4.71. The summed E-state index contributed by atoms with van der Waals surface area (Å²) in [7, 11) is 1.71. The minimum absolute atomic E-state index is 0.191. The van der Waals surface area contributed by atoms with Crippen LogP contribution in [-0.2, 0) is 11.2 Å². The van der Waals surface area contributed by atoms with Crippen LogP contribution in [0.5, 0.6) is 0 Å². The summed E-state index contributed by atoms with van der Waals surface area (Å²) >= 11 is 0. The van der Waals surface area contributed by atoms with Gasteiger partial charge in [-0.1, -0.05) is 6.07 Å². The molecule has 0 fully saturated rings. The Morgan fingerprint density at radius 3 is 2.71 bits per heavy atom. The molecule has 0 amide bonds. The van der Waals surface area contributed by atoms with E-state index in [1.54, 1.807) is 13.3 Å². The number of aryl methyl sites for hydroxylation is 1. The highest BCUT2D eigenvalue weighted by Crippen LogP contribution is 2.20. The number of rotatable bonds is 3. The zero-order valence-corrected chi connectivity index (χ0v) is 9.29. The number of nitrogen functional groups attached to an aromatic ring is 1. The SMILES string of the molecule is COC(C)(C)Cc1cc(C)cnc1N. The van der Waals surface area contributed by atoms with Crippen LogP contribution in [0.4, 0.5) is 5.82 Å². The summed E-state index contributed by atoms with van der Waals surface area (Å²) in [6.45, 7) is 6.08. The van der Waals surface area contributed by atoms with E-state index < -0.39 is 0 Å². The lowest BCUT2D eigenvalue weighted by Gasteiger charge is -2.23. The summed E-state index contributed by atoms with van der Waals surface area (Å²) < 4.78 is 5.35. The van der Waals surface area contributed by atoms with E-state index in [-0.39, 0.29) is 5.60 Å². The van der Waals surface area contributed by atoms with Crippen LogP contribution in [0.15, 0.2) is 12.3 Å². The van der Waals surface area contributed by atoms with Crippen LogP contribution in [0.2, 0.25) is 0 Å². The minimum Gasteiger partial charge on any atom is -0.383 e. The molecule has 0 saturated heterocycles. The molecule has 0 aromatic carbocycles. The zero-order chi connectivity index (χ0) is 10.8. The summed E-state index contributed by atoms with van der Waals surface area (Å²) in [4.78, 5) is 4.12. The van der Waals surface area contributed by atoms with E-state index in [9.17, 15) is 0 Å². The molecule has 1 rings (SSSR count). The second-order valence-electron chi connectivity index (χ2n) is 4.20. The van der Waals surface area contributed by atoms with Crippen molar-refractivity contribution in [3.8, 4) is 0 Å². The molecule has 0 spiro atoms. The van der Waals surface area contributed by atoms with Gasteiger partial charge >= 0.3 is 0 Å². The summed E-state index contributed by atoms with van der Waals surface area (Å²) in [5.41, 5.74) is 7.77. The highest BCUT2D eigenvalue weighted by molar-refractivity contribution is 5.41. The molecule has 0 unspecified atom stereocenters. The van der Waals surface area contributed by atoms with E-state index in [0.717, 1.165) is 17.5 Å². The molecule has 1 aromatic heterocycles. The molecule has 0 bridgehead atoms. The number of hydrogen-bond acceptors (Lipinski definition) is 3. The standard InChI is InChI=1S/C11H18N2O/c1-8-5-9(10(12)13-7-8)6-11(2,3)14-4/h5,7H,6H2,1-4H3,(H2,12,13). The molecule has 3 heteroatoms. The fourth-order valence-corrected chi connectivity index (χ4v) is 1.31. The predicted molar refractivity (Wildman–Crippen MR) is 58.2 cm³/mol. The third-order valence-corrected chi connectivity index (χ3v) is 2.31. The molecule has 1 aromatic rings. The number of pyridine rings is 1. The van der Waals surface area contributed by atoms with Crippen molar-refractivity contribution >= 4 is 5.82 Å². The maximum atomic E-state index is 5.78. The third-order valence-electron chi connectivity index (χ3n) is 2.31. The van der Waals surface area contributed by atoms with E-state index >= 15 is 0 Å². The molecule has 0 atom stereocenters. The monoisotopic (exact) mass is 194 g/mol. The molecular weight excluding hydrogens is 176 g/mol. The van der Waals surface area contributed by atoms with Crippen LogP contribution < -0.4 is 5.73 Å². The molecule has 0 aliphatic heterocycles. The maximum Gasteiger partial charge on any atom is 0.126 e. The summed E-state index contributed by atoms with van der Waals surface area (Å²) in [6.07, 6.45) is 2.56. The second kappa shape index (κ2) is 3.96. The first-order valence-corrected chi connectivity index (χ1v) is 4.71. The number of methoxy groups -OCH3 is 1. The summed E-state index contributed by atoms with van der Waals surface area (Å²) in [5, 5.41) is 0. The van der Waals surface area contributed by atoms with Gasteiger partial charge in [-0.25, -0.2) is 4.98 Å². The van der Waals surface area contributed by atoms with Gasteiger partial charge in [0.2, 0.25) is 0 Å². The number of aromatic nitrogens is 1. The van der Waals surface area contributed by atoms with Crippen molar-refractivity contribution in [2.75, 3.05) is 12.8 Å². The van der Waals surface area contributed by atoms with Gasteiger partial charge in [0.05, 0.1) is 5.60 Å². The van der Waals surface area contributed by atoms with E-state index in [4.69, 9.17) is 10.5 Å². The van der Waals surface area contributed by atoms with E-state index in [1.165, 1.54) is 0 Å². The molecule has 3 nitrogen and oxygen atoms in total. The number of anilines is 1. The Bertz CT molecular complexity index is 321. The van der Waals surface area contributed by atoms with Crippen molar-refractivity contribution in [1.29, 1.82) is 0 Å². The molecule has 0 aliphatic rings.